The summed E-state index contributed by atoms with van der Waals surface area (Å²) >= 11 is 5.97. The van der Waals surface area contributed by atoms with E-state index >= 15 is 0 Å². The number of benzene rings is 1. The highest BCUT2D eigenvalue weighted by Gasteiger charge is 2.62. The first-order valence-corrected chi connectivity index (χ1v) is 8.25. The van der Waals surface area contributed by atoms with Crippen molar-refractivity contribution < 1.29 is 19.0 Å². The fraction of sp³-hybridized carbons (Fsp3) is 0.389. The minimum atomic E-state index is -0.862. The molecular weight excluding hydrogens is 333 g/mol. The molecule has 1 aromatic carbocycles. The molecule has 0 bridgehead atoms. The molecule has 1 spiro atoms. The number of hydrogen-bond acceptors (Lipinski definition) is 4. The second kappa shape index (κ2) is 5.77. The number of aliphatic hydroxyl groups excluding tert-OH is 1. The number of rotatable bonds is 3. The topological polar surface area (TPSA) is 51.6 Å². The van der Waals surface area contributed by atoms with Crippen molar-refractivity contribution in [1.29, 1.82) is 0 Å². The van der Waals surface area contributed by atoms with Crippen molar-refractivity contribution in [1.82, 2.24) is 4.98 Å². The Kier molecular flexibility index (Phi) is 3.84. The number of halogens is 2. The normalized spacial score (nSPS) is 22.3. The van der Waals surface area contributed by atoms with Gasteiger partial charge in [-0.2, -0.15) is 0 Å². The van der Waals surface area contributed by atoms with Crippen LogP contribution in [0.3, 0.4) is 0 Å². The van der Waals surface area contributed by atoms with E-state index in [0.717, 1.165) is 5.56 Å². The number of hydrogen-bond donors (Lipinski definition) is 1. The molecule has 2 fully saturated rings. The third-order valence-electron chi connectivity index (χ3n) is 4.97. The Balaban J connectivity index is 1.74. The van der Waals surface area contributed by atoms with Gasteiger partial charge in [0, 0.05) is 24.5 Å². The Morgan fingerprint density at radius 3 is 2.54 bits per heavy atom. The van der Waals surface area contributed by atoms with Crippen LogP contribution in [0.1, 0.15) is 30.2 Å². The molecule has 1 atom stereocenters. The zero-order valence-corrected chi connectivity index (χ0v) is 13.7. The van der Waals surface area contributed by atoms with E-state index in [1.807, 2.05) is 6.07 Å². The molecule has 1 aliphatic heterocycles. The predicted octanol–water partition coefficient (Wildman–Crippen LogP) is 3.38. The van der Waals surface area contributed by atoms with Gasteiger partial charge in [0.2, 0.25) is 0 Å². The Morgan fingerprint density at radius 2 is 1.92 bits per heavy atom. The van der Waals surface area contributed by atoms with Crippen molar-refractivity contribution in [2.45, 2.75) is 30.1 Å². The second-order valence-electron chi connectivity index (χ2n) is 6.40. The largest absolute Gasteiger partial charge is 0.386 e. The smallest absolute Gasteiger partial charge is 0.170 e. The summed E-state index contributed by atoms with van der Waals surface area (Å²) < 4.78 is 25.0. The van der Waals surface area contributed by atoms with Crippen LogP contribution in [0.25, 0.3) is 0 Å². The van der Waals surface area contributed by atoms with Gasteiger partial charge in [-0.1, -0.05) is 23.7 Å². The average molecular weight is 350 g/mol. The minimum Gasteiger partial charge on any atom is -0.386 e. The second-order valence-corrected chi connectivity index (χ2v) is 6.81. The molecule has 126 valence electrons. The maximum atomic E-state index is 13.6. The van der Waals surface area contributed by atoms with Gasteiger partial charge in [0.25, 0.3) is 0 Å². The maximum absolute atomic E-state index is 13.6. The molecule has 4 nitrogen and oxygen atoms in total. The van der Waals surface area contributed by atoms with E-state index in [1.165, 1.54) is 6.07 Å². The molecule has 1 unspecified atom stereocenters. The summed E-state index contributed by atoms with van der Waals surface area (Å²) in [6.07, 6.45) is 1.72. The van der Waals surface area contributed by atoms with Gasteiger partial charge in [-0.15, -0.1) is 0 Å². The van der Waals surface area contributed by atoms with E-state index in [0.29, 0.717) is 31.7 Å². The third kappa shape index (κ3) is 2.43. The fourth-order valence-electron chi connectivity index (χ4n) is 3.79. The summed E-state index contributed by atoms with van der Waals surface area (Å²) in [6.45, 7) is 1.08. The summed E-state index contributed by atoms with van der Waals surface area (Å²) in [5.74, 6) is -1.15. The number of aliphatic hydroxyl groups is 1. The maximum Gasteiger partial charge on any atom is 0.170 e. The molecule has 1 saturated heterocycles. The van der Waals surface area contributed by atoms with Crippen molar-refractivity contribution in [3.05, 3.63) is 64.7 Å². The molecule has 6 heteroatoms. The Morgan fingerprint density at radius 1 is 1.17 bits per heavy atom. The molecule has 0 amide bonds. The van der Waals surface area contributed by atoms with Crippen LogP contribution in [-0.4, -0.2) is 29.1 Å². The van der Waals surface area contributed by atoms with E-state index in [-0.39, 0.29) is 5.02 Å². The highest BCUT2D eigenvalue weighted by atomic mass is 35.5. The Labute approximate surface area is 144 Å². The molecular formula is C18H17ClFNO3. The third-order valence-corrected chi connectivity index (χ3v) is 5.26. The van der Waals surface area contributed by atoms with Crippen LogP contribution in [0, 0.1) is 5.82 Å². The standard InChI is InChI=1S/C18H17ClFNO3/c19-13-9-12(4-5-14(13)20)17(10-18(11-17)23-7-8-24-18)16(22)15-3-1-2-6-21-15/h1-6,9,16,22H,7-8,10-11H2. The lowest BCUT2D eigenvalue weighted by Crippen LogP contribution is -2.58. The van der Waals surface area contributed by atoms with Gasteiger partial charge >= 0.3 is 0 Å². The van der Waals surface area contributed by atoms with Crippen molar-refractivity contribution in [2.75, 3.05) is 13.2 Å². The zero-order chi connectivity index (χ0) is 16.8. The van der Waals surface area contributed by atoms with Gasteiger partial charge in [0.1, 0.15) is 11.9 Å². The fourth-order valence-corrected chi connectivity index (χ4v) is 3.97. The first kappa shape index (κ1) is 16.0. The molecule has 1 aliphatic carbocycles. The first-order valence-electron chi connectivity index (χ1n) is 7.87. The van der Waals surface area contributed by atoms with E-state index in [2.05, 4.69) is 4.98 Å². The van der Waals surface area contributed by atoms with Crippen LogP contribution in [0.4, 0.5) is 4.39 Å². The summed E-state index contributed by atoms with van der Waals surface area (Å²) in [6, 6.07) is 9.96. The van der Waals surface area contributed by atoms with Crippen LogP contribution in [0.2, 0.25) is 5.02 Å². The summed E-state index contributed by atoms with van der Waals surface area (Å²) in [4.78, 5) is 4.27. The van der Waals surface area contributed by atoms with Crippen molar-refractivity contribution in [3.8, 4) is 0 Å². The Bertz CT molecular complexity index is 741. The monoisotopic (exact) mass is 349 g/mol. The predicted molar refractivity (Wildman–Crippen MR) is 86.2 cm³/mol. The van der Waals surface area contributed by atoms with Crippen LogP contribution in [-0.2, 0) is 14.9 Å². The van der Waals surface area contributed by atoms with Gasteiger partial charge in [-0.3, -0.25) is 4.98 Å². The summed E-state index contributed by atoms with van der Waals surface area (Å²) in [5, 5.41) is 11.1. The molecule has 1 aromatic heterocycles. The van der Waals surface area contributed by atoms with E-state index < -0.39 is 23.1 Å². The molecule has 2 aliphatic rings. The van der Waals surface area contributed by atoms with E-state index in [9.17, 15) is 9.50 Å². The molecule has 2 aromatic rings. The lowest BCUT2D eigenvalue weighted by Gasteiger charge is -2.55. The van der Waals surface area contributed by atoms with E-state index in [4.69, 9.17) is 21.1 Å². The molecule has 0 radical (unpaired) electrons. The van der Waals surface area contributed by atoms with E-state index in [1.54, 1.807) is 30.5 Å². The number of aromatic nitrogens is 1. The first-order chi connectivity index (χ1) is 11.5. The van der Waals surface area contributed by atoms with Crippen molar-refractivity contribution in [3.63, 3.8) is 0 Å². The number of ether oxygens (including phenoxy) is 2. The van der Waals surface area contributed by atoms with Gasteiger partial charge in [0.15, 0.2) is 5.79 Å². The van der Waals surface area contributed by atoms with Gasteiger partial charge in [-0.05, 0) is 29.8 Å². The molecule has 1 saturated carbocycles. The molecule has 4 rings (SSSR count). The number of nitrogens with zero attached hydrogens (tertiary/aromatic N) is 1. The SMILES string of the molecule is OC(c1ccccn1)C1(c2ccc(F)c(Cl)c2)CC2(C1)OCCO2. The van der Waals surface area contributed by atoms with Crippen LogP contribution in [0.5, 0.6) is 0 Å². The summed E-state index contributed by atoms with van der Waals surface area (Å²) in [5.41, 5.74) is 0.651. The molecule has 24 heavy (non-hydrogen) atoms. The van der Waals surface area contributed by atoms with Crippen LogP contribution in [0.15, 0.2) is 42.6 Å². The van der Waals surface area contributed by atoms with Gasteiger partial charge < -0.3 is 14.6 Å². The molecule has 2 heterocycles. The van der Waals surface area contributed by atoms with Crippen molar-refractivity contribution in [2.24, 2.45) is 0 Å². The lowest BCUT2D eigenvalue weighted by atomic mass is 9.57. The van der Waals surface area contributed by atoms with Gasteiger partial charge in [0.05, 0.1) is 23.9 Å². The average Bonchev–Trinajstić information content (AvgIpc) is 3.05. The lowest BCUT2D eigenvalue weighted by molar-refractivity contribution is -0.258. The Hall–Kier alpha value is -1.53. The highest BCUT2D eigenvalue weighted by molar-refractivity contribution is 6.30. The minimum absolute atomic E-state index is 0.0364. The highest BCUT2D eigenvalue weighted by Crippen LogP contribution is 2.59. The quantitative estimate of drug-likeness (QED) is 0.923. The number of pyridine rings is 1. The zero-order valence-electron chi connectivity index (χ0n) is 12.9. The van der Waals surface area contributed by atoms with Crippen LogP contribution >= 0.6 is 11.6 Å². The van der Waals surface area contributed by atoms with Crippen molar-refractivity contribution >= 4 is 11.6 Å². The van der Waals surface area contributed by atoms with Crippen LogP contribution < -0.4 is 0 Å². The molecule has 1 N–H and O–H groups in total. The van der Waals surface area contributed by atoms with Gasteiger partial charge in [-0.25, -0.2) is 4.39 Å². The summed E-state index contributed by atoms with van der Waals surface area (Å²) in [7, 11) is 0.